The minimum Gasteiger partial charge on any atom is -0.480 e. The van der Waals surface area contributed by atoms with Crippen LogP contribution in [0, 0.1) is 10.1 Å². The summed E-state index contributed by atoms with van der Waals surface area (Å²) in [5, 5.41) is 19.4. The summed E-state index contributed by atoms with van der Waals surface area (Å²) < 4.78 is 25.9. The molecule has 1 aromatic rings. The van der Waals surface area contributed by atoms with Gasteiger partial charge in [0.2, 0.25) is 10.0 Å². The van der Waals surface area contributed by atoms with Crippen LogP contribution in [0.3, 0.4) is 0 Å². The topological polar surface area (TPSA) is 127 Å². The van der Waals surface area contributed by atoms with Crippen molar-refractivity contribution in [2.45, 2.75) is 31.6 Å². The fourth-order valence-electron chi connectivity index (χ4n) is 1.71. The van der Waals surface area contributed by atoms with Crippen LogP contribution in [0.2, 0.25) is 0 Å². The summed E-state index contributed by atoms with van der Waals surface area (Å²) in [5.74, 6) is -1.66. The van der Waals surface area contributed by atoms with Crippen molar-refractivity contribution in [1.82, 2.24) is 4.72 Å². The molecule has 0 saturated carbocycles. The molecule has 0 fully saturated rings. The molecule has 0 aliphatic heterocycles. The van der Waals surface area contributed by atoms with E-state index in [1.807, 2.05) is 0 Å². The van der Waals surface area contributed by atoms with Gasteiger partial charge in [0.1, 0.15) is 6.04 Å². The summed E-state index contributed by atoms with van der Waals surface area (Å²) in [7, 11) is -3.83. The van der Waals surface area contributed by atoms with Crippen LogP contribution in [0.5, 0.6) is 0 Å². The monoisotopic (exact) mass is 316 g/mol. The SMILES string of the molecule is CCC[C@@H](NS(=O)(=O)Cc1ccc([N+](=O)[O-])cc1)C(=O)O. The predicted molar refractivity (Wildman–Crippen MR) is 75.2 cm³/mol. The number of carbonyl (C=O) groups is 1. The summed E-state index contributed by atoms with van der Waals surface area (Å²) in [5.41, 5.74) is 0.201. The number of non-ortho nitro benzene ring substituents is 1. The lowest BCUT2D eigenvalue weighted by Crippen LogP contribution is -2.41. The van der Waals surface area contributed by atoms with E-state index in [1.165, 1.54) is 24.3 Å². The Morgan fingerprint density at radius 3 is 2.38 bits per heavy atom. The molecule has 1 atom stereocenters. The zero-order valence-electron chi connectivity index (χ0n) is 11.4. The molecule has 0 unspecified atom stereocenters. The molecule has 2 N–H and O–H groups in total. The second kappa shape index (κ2) is 7.14. The maximum Gasteiger partial charge on any atom is 0.321 e. The quantitative estimate of drug-likeness (QED) is 0.549. The number of aliphatic carboxylic acids is 1. The molecule has 0 saturated heterocycles. The highest BCUT2D eigenvalue weighted by molar-refractivity contribution is 7.88. The van der Waals surface area contributed by atoms with Crippen molar-refractivity contribution in [3.63, 3.8) is 0 Å². The molecule has 0 heterocycles. The van der Waals surface area contributed by atoms with E-state index in [-0.39, 0.29) is 12.1 Å². The van der Waals surface area contributed by atoms with E-state index >= 15 is 0 Å². The van der Waals surface area contributed by atoms with Gasteiger partial charge in [0.15, 0.2) is 0 Å². The van der Waals surface area contributed by atoms with Gasteiger partial charge in [-0.2, -0.15) is 0 Å². The lowest BCUT2D eigenvalue weighted by molar-refractivity contribution is -0.384. The normalized spacial score (nSPS) is 12.8. The molecule has 0 aromatic heterocycles. The number of rotatable bonds is 8. The molecule has 1 aromatic carbocycles. The highest BCUT2D eigenvalue weighted by Crippen LogP contribution is 2.14. The number of carboxylic acid groups (broad SMARTS) is 1. The molecule has 116 valence electrons. The van der Waals surface area contributed by atoms with Crippen molar-refractivity contribution >= 4 is 21.7 Å². The van der Waals surface area contributed by atoms with E-state index in [9.17, 15) is 23.3 Å². The van der Waals surface area contributed by atoms with Crippen LogP contribution in [0.1, 0.15) is 25.3 Å². The Morgan fingerprint density at radius 2 is 1.95 bits per heavy atom. The van der Waals surface area contributed by atoms with Crippen molar-refractivity contribution in [2.75, 3.05) is 0 Å². The third-order valence-electron chi connectivity index (χ3n) is 2.70. The van der Waals surface area contributed by atoms with Gasteiger partial charge in [0.25, 0.3) is 5.69 Å². The average Bonchev–Trinajstić information content (AvgIpc) is 2.38. The van der Waals surface area contributed by atoms with Crippen molar-refractivity contribution in [3.05, 3.63) is 39.9 Å². The maximum atomic E-state index is 11.9. The van der Waals surface area contributed by atoms with E-state index < -0.39 is 32.7 Å². The molecule has 8 nitrogen and oxygen atoms in total. The van der Waals surface area contributed by atoms with Gasteiger partial charge in [-0.15, -0.1) is 0 Å². The van der Waals surface area contributed by atoms with Crippen molar-refractivity contribution in [2.24, 2.45) is 0 Å². The number of hydrogen-bond acceptors (Lipinski definition) is 5. The van der Waals surface area contributed by atoms with E-state index in [4.69, 9.17) is 5.11 Å². The number of nitro benzene ring substituents is 1. The fraction of sp³-hybridized carbons (Fsp3) is 0.417. The first-order chi connectivity index (χ1) is 9.75. The van der Waals surface area contributed by atoms with E-state index in [1.54, 1.807) is 6.92 Å². The van der Waals surface area contributed by atoms with Gasteiger partial charge in [0.05, 0.1) is 10.7 Å². The molecule has 0 aliphatic rings. The number of hydrogen-bond donors (Lipinski definition) is 2. The molecular weight excluding hydrogens is 300 g/mol. The molecule has 1 rings (SSSR count). The van der Waals surface area contributed by atoms with Gasteiger partial charge >= 0.3 is 5.97 Å². The molecule has 0 aliphatic carbocycles. The summed E-state index contributed by atoms with van der Waals surface area (Å²) in [6, 6.07) is 3.88. The zero-order chi connectivity index (χ0) is 16.0. The van der Waals surface area contributed by atoms with Crippen LogP contribution in [0.25, 0.3) is 0 Å². The second-order valence-corrected chi connectivity index (χ2v) is 6.23. The van der Waals surface area contributed by atoms with Crippen LogP contribution in [0.15, 0.2) is 24.3 Å². The van der Waals surface area contributed by atoms with Crippen LogP contribution in [0.4, 0.5) is 5.69 Å². The molecule has 21 heavy (non-hydrogen) atoms. The molecule has 0 bridgehead atoms. The van der Waals surface area contributed by atoms with Gasteiger partial charge in [-0.05, 0) is 12.0 Å². The van der Waals surface area contributed by atoms with Gasteiger partial charge in [-0.1, -0.05) is 25.5 Å². The minimum atomic E-state index is -3.83. The van der Waals surface area contributed by atoms with Crippen molar-refractivity contribution in [3.8, 4) is 0 Å². The summed E-state index contributed by atoms with van der Waals surface area (Å²) in [6.07, 6.45) is 0.714. The molecule has 0 spiro atoms. The number of carboxylic acids is 1. The smallest absolute Gasteiger partial charge is 0.321 e. The number of benzene rings is 1. The first-order valence-corrected chi connectivity index (χ1v) is 7.86. The highest BCUT2D eigenvalue weighted by atomic mass is 32.2. The Balaban J connectivity index is 2.79. The first-order valence-electron chi connectivity index (χ1n) is 6.21. The van der Waals surface area contributed by atoms with Crippen LogP contribution in [-0.4, -0.2) is 30.5 Å². The van der Waals surface area contributed by atoms with Gasteiger partial charge in [-0.25, -0.2) is 13.1 Å². The highest BCUT2D eigenvalue weighted by Gasteiger charge is 2.23. The Kier molecular flexibility index (Phi) is 5.79. The van der Waals surface area contributed by atoms with Gasteiger partial charge in [-0.3, -0.25) is 14.9 Å². The van der Waals surface area contributed by atoms with Crippen molar-refractivity contribution < 1.29 is 23.2 Å². The minimum absolute atomic E-state index is 0.140. The third kappa shape index (κ3) is 5.48. The van der Waals surface area contributed by atoms with E-state index in [0.717, 1.165) is 0 Å². The van der Waals surface area contributed by atoms with E-state index in [0.29, 0.717) is 12.0 Å². The lowest BCUT2D eigenvalue weighted by Gasteiger charge is -2.13. The Labute approximate surface area is 122 Å². The molecule has 0 radical (unpaired) electrons. The summed E-state index contributed by atoms with van der Waals surface area (Å²) in [4.78, 5) is 20.9. The van der Waals surface area contributed by atoms with Crippen LogP contribution in [-0.2, 0) is 20.6 Å². The number of nitrogens with zero attached hydrogens (tertiary/aromatic N) is 1. The van der Waals surface area contributed by atoms with Crippen LogP contribution < -0.4 is 4.72 Å². The summed E-state index contributed by atoms with van der Waals surface area (Å²) >= 11 is 0. The van der Waals surface area contributed by atoms with Crippen LogP contribution >= 0.6 is 0 Å². The average molecular weight is 316 g/mol. The molecule has 9 heteroatoms. The largest absolute Gasteiger partial charge is 0.480 e. The fourth-order valence-corrected chi connectivity index (χ4v) is 3.08. The Hall–Kier alpha value is -2.00. The maximum absolute atomic E-state index is 11.9. The zero-order valence-corrected chi connectivity index (χ0v) is 12.2. The predicted octanol–water partition coefficient (Wildman–Crippen LogP) is 1.27. The Morgan fingerprint density at radius 1 is 1.38 bits per heavy atom. The third-order valence-corrected chi connectivity index (χ3v) is 4.06. The first kappa shape index (κ1) is 17.1. The molecule has 0 amide bonds. The standard InChI is InChI=1S/C12H16N2O6S/c1-2-3-11(12(15)16)13-21(19,20)8-9-4-6-10(7-5-9)14(17)18/h4-7,11,13H,2-3,8H2,1H3,(H,15,16)/t11-/m1/s1. The Bertz CT molecular complexity index is 611. The lowest BCUT2D eigenvalue weighted by atomic mass is 10.2. The number of nitrogens with one attached hydrogen (secondary N) is 1. The van der Waals surface area contributed by atoms with Gasteiger partial charge in [0, 0.05) is 12.1 Å². The number of nitro groups is 1. The van der Waals surface area contributed by atoms with E-state index in [2.05, 4.69) is 4.72 Å². The second-order valence-electron chi connectivity index (χ2n) is 4.48. The summed E-state index contributed by atoms with van der Waals surface area (Å²) in [6.45, 7) is 1.75. The van der Waals surface area contributed by atoms with Crippen molar-refractivity contribution in [1.29, 1.82) is 0 Å². The molecular formula is C12H16N2O6S. The number of sulfonamides is 1. The van der Waals surface area contributed by atoms with Gasteiger partial charge < -0.3 is 5.11 Å².